The molecular weight excluding hydrogens is 300 g/mol. The second kappa shape index (κ2) is 6.32. The van der Waals surface area contributed by atoms with Crippen LogP contribution in [0.3, 0.4) is 0 Å². The third-order valence-electron chi connectivity index (χ3n) is 4.35. The van der Waals surface area contributed by atoms with E-state index in [-0.39, 0.29) is 5.91 Å². The van der Waals surface area contributed by atoms with Gasteiger partial charge in [-0.15, -0.1) is 0 Å². The van der Waals surface area contributed by atoms with Gasteiger partial charge in [0.05, 0.1) is 11.8 Å². The SMILES string of the molecule is O=C(c1ccccc1-c1ncc(-c2ccccc2)o1)N1CCCC1. The van der Waals surface area contributed by atoms with E-state index < -0.39 is 0 Å². The second-order valence-electron chi connectivity index (χ2n) is 5.94. The van der Waals surface area contributed by atoms with Gasteiger partial charge in [0.1, 0.15) is 0 Å². The van der Waals surface area contributed by atoms with Crippen LogP contribution in [0, 0.1) is 0 Å². The van der Waals surface area contributed by atoms with Crippen LogP contribution in [0.25, 0.3) is 22.8 Å². The first-order valence-electron chi connectivity index (χ1n) is 8.23. The highest BCUT2D eigenvalue weighted by atomic mass is 16.4. The van der Waals surface area contributed by atoms with Crippen molar-refractivity contribution in [1.29, 1.82) is 0 Å². The number of benzene rings is 2. The fourth-order valence-electron chi connectivity index (χ4n) is 3.08. The molecule has 4 rings (SSSR count). The summed E-state index contributed by atoms with van der Waals surface area (Å²) in [4.78, 5) is 19.1. The molecule has 2 aromatic carbocycles. The van der Waals surface area contributed by atoms with Crippen LogP contribution in [0.1, 0.15) is 23.2 Å². The molecule has 0 bridgehead atoms. The van der Waals surface area contributed by atoms with E-state index in [0.717, 1.165) is 37.1 Å². The van der Waals surface area contributed by atoms with Gasteiger partial charge in [-0.3, -0.25) is 4.79 Å². The molecule has 24 heavy (non-hydrogen) atoms. The minimum atomic E-state index is 0.0579. The standard InChI is InChI=1S/C20H18N2O2/c23-20(22-12-6-7-13-22)17-11-5-4-10-16(17)19-21-14-18(24-19)15-8-2-1-3-9-15/h1-5,8-11,14H,6-7,12-13H2. The Morgan fingerprint density at radius 2 is 1.67 bits per heavy atom. The molecule has 4 nitrogen and oxygen atoms in total. The van der Waals surface area contributed by atoms with Crippen molar-refractivity contribution in [2.45, 2.75) is 12.8 Å². The maximum absolute atomic E-state index is 12.8. The average molecular weight is 318 g/mol. The molecule has 3 aromatic rings. The zero-order valence-corrected chi connectivity index (χ0v) is 13.3. The van der Waals surface area contributed by atoms with Crippen molar-refractivity contribution in [2.24, 2.45) is 0 Å². The summed E-state index contributed by atoms with van der Waals surface area (Å²) >= 11 is 0. The van der Waals surface area contributed by atoms with Crippen molar-refractivity contribution in [3.8, 4) is 22.8 Å². The Balaban J connectivity index is 1.70. The Kier molecular flexibility index (Phi) is 3.87. The molecule has 1 aliphatic heterocycles. The molecule has 1 aliphatic rings. The maximum Gasteiger partial charge on any atom is 0.254 e. The van der Waals surface area contributed by atoms with Crippen molar-refractivity contribution >= 4 is 5.91 Å². The summed E-state index contributed by atoms with van der Waals surface area (Å²) in [5.41, 5.74) is 2.37. The van der Waals surface area contributed by atoms with Crippen LogP contribution >= 0.6 is 0 Å². The molecule has 1 saturated heterocycles. The molecule has 120 valence electrons. The predicted octanol–water partition coefficient (Wildman–Crippen LogP) is 4.24. The summed E-state index contributed by atoms with van der Waals surface area (Å²) in [5.74, 6) is 1.24. The Hall–Kier alpha value is -2.88. The molecule has 0 aliphatic carbocycles. The van der Waals surface area contributed by atoms with E-state index in [2.05, 4.69) is 4.98 Å². The highest BCUT2D eigenvalue weighted by molar-refractivity contribution is 6.00. The first-order chi connectivity index (χ1) is 11.8. The predicted molar refractivity (Wildman–Crippen MR) is 92.5 cm³/mol. The molecule has 0 atom stereocenters. The van der Waals surface area contributed by atoms with E-state index in [9.17, 15) is 4.79 Å². The third-order valence-corrected chi connectivity index (χ3v) is 4.35. The van der Waals surface area contributed by atoms with Gasteiger partial charge in [0, 0.05) is 24.2 Å². The largest absolute Gasteiger partial charge is 0.436 e. The minimum absolute atomic E-state index is 0.0579. The number of likely N-dealkylation sites (tertiary alicyclic amines) is 1. The smallest absolute Gasteiger partial charge is 0.254 e. The number of carbonyl (C=O) groups is 1. The summed E-state index contributed by atoms with van der Waals surface area (Å²) in [6.45, 7) is 1.65. The fraction of sp³-hybridized carbons (Fsp3) is 0.200. The first kappa shape index (κ1) is 14.7. The number of rotatable bonds is 3. The lowest BCUT2D eigenvalue weighted by atomic mass is 10.1. The van der Waals surface area contributed by atoms with Gasteiger partial charge >= 0.3 is 0 Å². The number of hydrogen-bond acceptors (Lipinski definition) is 3. The van der Waals surface area contributed by atoms with E-state index >= 15 is 0 Å². The summed E-state index contributed by atoms with van der Waals surface area (Å²) in [5, 5.41) is 0. The number of aromatic nitrogens is 1. The molecule has 1 amide bonds. The van der Waals surface area contributed by atoms with Gasteiger partial charge in [0.15, 0.2) is 5.76 Å². The third kappa shape index (κ3) is 2.71. The summed E-state index contributed by atoms with van der Waals surface area (Å²) in [6.07, 6.45) is 3.86. The molecule has 4 heteroatoms. The minimum Gasteiger partial charge on any atom is -0.436 e. The Morgan fingerprint density at radius 3 is 2.46 bits per heavy atom. The van der Waals surface area contributed by atoms with Crippen LogP contribution in [0.5, 0.6) is 0 Å². The van der Waals surface area contributed by atoms with Crippen molar-refractivity contribution in [3.63, 3.8) is 0 Å². The molecule has 0 unspecified atom stereocenters. The number of oxazole rings is 1. The number of hydrogen-bond donors (Lipinski definition) is 0. The Morgan fingerprint density at radius 1 is 0.958 bits per heavy atom. The van der Waals surface area contributed by atoms with Gasteiger partial charge in [0.25, 0.3) is 5.91 Å². The lowest BCUT2D eigenvalue weighted by Crippen LogP contribution is -2.28. The lowest BCUT2D eigenvalue weighted by Gasteiger charge is -2.16. The molecule has 0 saturated carbocycles. The topological polar surface area (TPSA) is 46.3 Å². The van der Waals surface area contributed by atoms with Gasteiger partial charge in [-0.25, -0.2) is 4.98 Å². The summed E-state index contributed by atoms with van der Waals surface area (Å²) in [6, 6.07) is 17.4. The van der Waals surface area contributed by atoms with Crippen LogP contribution in [-0.4, -0.2) is 28.9 Å². The Labute approximate surface area is 140 Å². The molecular formula is C20H18N2O2. The van der Waals surface area contributed by atoms with Crippen LogP contribution in [0.4, 0.5) is 0 Å². The second-order valence-corrected chi connectivity index (χ2v) is 5.94. The molecule has 0 spiro atoms. The first-order valence-corrected chi connectivity index (χ1v) is 8.23. The van der Waals surface area contributed by atoms with Crippen LogP contribution in [-0.2, 0) is 0 Å². The van der Waals surface area contributed by atoms with Crippen molar-refractivity contribution in [3.05, 3.63) is 66.4 Å². The van der Waals surface area contributed by atoms with Crippen molar-refractivity contribution < 1.29 is 9.21 Å². The van der Waals surface area contributed by atoms with Gasteiger partial charge in [-0.2, -0.15) is 0 Å². The Bertz CT molecular complexity index is 849. The highest BCUT2D eigenvalue weighted by Gasteiger charge is 2.23. The number of nitrogens with zero attached hydrogens (tertiary/aromatic N) is 2. The van der Waals surface area contributed by atoms with Gasteiger partial charge in [-0.1, -0.05) is 42.5 Å². The summed E-state index contributed by atoms with van der Waals surface area (Å²) in [7, 11) is 0. The van der Waals surface area contributed by atoms with Crippen molar-refractivity contribution in [2.75, 3.05) is 13.1 Å². The van der Waals surface area contributed by atoms with Gasteiger partial charge in [0.2, 0.25) is 5.89 Å². The van der Waals surface area contributed by atoms with E-state index in [4.69, 9.17) is 4.42 Å². The quantitative estimate of drug-likeness (QED) is 0.725. The van der Waals surface area contributed by atoms with E-state index in [1.165, 1.54) is 0 Å². The van der Waals surface area contributed by atoms with Crippen LogP contribution in [0.2, 0.25) is 0 Å². The zero-order valence-electron chi connectivity index (χ0n) is 13.3. The van der Waals surface area contributed by atoms with Gasteiger partial charge < -0.3 is 9.32 Å². The number of amides is 1. The highest BCUT2D eigenvalue weighted by Crippen LogP contribution is 2.29. The monoisotopic (exact) mass is 318 g/mol. The molecule has 0 N–H and O–H groups in total. The van der Waals surface area contributed by atoms with E-state index in [1.807, 2.05) is 59.5 Å². The summed E-state index contributed by atoms with van der Waals surface area (Å²) < 4.78 is 5.93. The van der Waals surface area contributed by atoms with Gasteiger partial charge in [-0.05, 0) is 25.0 Å². The van der Waals surface area contributed by atoms with E-state index in [1.54, 1.807) is 6.20 Å². The van der Waals surface area contributed by atoms with Crippen LogP contribution < -0.4 is 0 Å². The molecule has 0 radical (unpaired) electrons. The fourth-order valence-corrected chi connectivity index (χ4v) is 3.08. The van der Waals surface area contributed by atoms with E-state index in [0.29, 0.717) is 17.2 Å². The number of carbonyl (C=O) groups excluding carboxylic acids is 1. The molecule has 1 aromatic heterocycles. The maximum atomic E-state index is 12.8. The average Bonchev–Trinajstić information content (AvgIpc) is 3.34. The normalized spacial score (nSPS) is 14.1. The zero-order chi connectivity index (χ0) is 16.4. The lowest BCUT2D eigenvalue weighted by molar-refractivity contribution is 0.0793. The molecule has 2 heterocycles. The van der Waals surface area contributed by atoms with Crippen LogP contribution in [0.15, 0.2) is 65.2 Å². The molecule has 1 fully saturated rings. The van der Waals surface area contributed by atoms with Crippen molar-refractivity contribution in [1.82, 2.24) is 9.88 Å².